The second-order valence-corrected chi connectivity index (χ2v) is 15.7. The van der Waals surface area contributed by atoms with Gasteiger partial charge in [0, 0.05) is 37.6 Å². The van der Waals surface area contributed by atoms with Gasteiger partial charge in [0.2, 0.25) is 10.0 Å². The molecular weight excluding hydrogens is 571 g/mol. The standard InChI is InChI=1S/C31H37N5O4S2/c37-26-3-1-2-24(13-26)25-14-27(41-19-25)18-35-6-8-36(9-7-35)29-5-4-28(32-33-29)30(38)34-42(39,40)20-31-15-21-10-22(16-31)12-23(11-21)17-31/h1-5,13-14,19,21-23,37H,6-12,15-18,20H2,(H,34,38). The van der Waals surface area contributed by atoms with E-state index in [9.17, 15) is 18.3 Å². The molecule has 0 unspecified atom stereocenters. The Labute approximate surface area is 251 Å². The Bertz CT molecular complexity index is 1530. The Balaban J connectivity index is 0.911. The highest BCUT2D eigenvalue weighted by atomic mass is 32.2. The lowest BCUT2D eigenvalue weighted by Crippen LogP contribution is -2.51. The minimum atomic E-state index is -3.76. The second-order valence-electron chi connectivity index (χ2n) is 13.0. The first-order chi connectivity index (χ1) is 20.2. The summed E-state index contributed by atoms with van der Waals surface area (Å²) in [6, 6.07) is 12.8. The lowest BCUT2D eigenvalue weighted by molar-refractivity contribution is -0.0391. The third-order valence-corrected chi connectivity index (χ3v) is 12.1. The first kappa shape index (κ1) is 27.8. The number of aromatic hydroxyl groups is 1. The van der Waals surface area contributed by atoms with Crippen molar-refractivity contribution in [1.82, 2.24) is 19.8 Å². The van der Waals surface area contributed by atoms with Gasteiger partial charge in [-0.25, -0.2) is 13.1 Å². The molecule has 9 nitrogen and oxygen atoms in total. The van der Waals surface area contributed by atoms with Gasteiger partial charge in [-0.3, -0.25) is 9.69 Å². The van der Waals surface area contributed by atoms with Gasteiger partial charge in [0.25, 0.3) is 5.91 Å². The number of carbonyl (C=O) groups is 1. The summed E-state index contributed by atoms with van der Waals surface area (Å²) in [6.07, 6.45) is 6.68. The number of sulfonamides is 1. The number of hydrogen-bond donors (Lipinski definition) is 2. The SMILES string of the molecule is O=C(NS(=O)(=O)CC12CC3CC(CC(C3)C1)C2)c1ccc(N2CCN(Cc3cc(-c4cccc(O)c4)cs3)CC2)nn1. The van der Waals surface area contributed by atoms with Gasteiger partial charge < -0.3 is 10.0 Å². The smallest absolute Gasteiger partial charge is 0.285 e. The van der Waals surface area contributed by atoms with Crippen LogP contribution in [0.25, 0.3) is 11.1 Å². The fraction of sp³-hybridized carbons (Fsp3) is 0.516. The quantitative estimate of drug-likeness (QED) is 0.385. The Morgan fingerprint density at radius 2 is 1.67 bits per heavy atom. The number of hydrogen-bond acceptors (Lipinski definition) is 9. The van der Waals surface area contributed by atoms with Crippen LogP contribution in [0.5, 0.6) is 5.75 Å². The molecule has 3 aromatic rings. The molecule has 5 aliphatic rings. The van der Waals surface area contributed by atoms with Gasteiger partial charge in [-0.15, -0.1) is 21.5 Å². The molecule has 11 heteroatoms. The summed E-state index contributed by atoms with van der Waals surface area (Å²) in [5.74, 6) is 2.25. The maximum absolute atomic E-state index is 13.1. The van der Waals surface area contributed by atoms with Crippen molar-refractivity contribution in [3.63, 3.8) is 0 Å². The van der Waals surface area contributed by atoms with Crippen molar-refractivity contribution in [1.29, 1.82) is 0 Å². The summed E-state index contributed by atoms with van der Waals surface area (Å²) < 4.78 is 28.4. The molecule has 1 amide bonds. The Hall–Kier alpha value is -3.02. The molecule has 2 N–H and O–H groups in total. The van der Waals surface area contributed by atoms with Gasteiger partial charge in [-0.05, 0) is 109 Å². The van der Waals surface area contributed by atoms with Crippen LogP contribution < -0.4 is 9.62 Å². The van der Waals surface area contributed by atoms with Crippen LogP contribution in [0, 0.1) is 23.2 Å². The topological polar surface area (TPSA) is 116 Å². The minimum Gasteiger partial charge on any atom is -0.508 e. The number of rotatable bonds is 8. The van der Waals surface area contributed by atoms with E-state index in [0.29, 0.717) is 23.6 Å². The van der Waals surface area contributed by atoms with Gasteiger partial charge in [0.15, 0.2) is 11.5 Å². The second kappa shape index (κ2) is 10.9. The number of phenolic OH excluding ortho intramolecular Hbond substituents is 1. The first-order valence-electron chi connectivity index (χ1n) is 14.9. The number of aromatic nitrogens is 2. The van der Waals surface area contributed by atoms with Crippen molar-refractivity contribution in [2.75, 3.05) is 36.8 Å². The van der Waals surface area contributed by atoms with E-state index < -0.39 is 15.9 Å². The zero-order chi connectivity index (χ0) is 28.9. The molecule has 4 bridgehead atoms. The fourth-order valence-corrected chi connectivity index (χ4v) is 10.9. The summed E-state index contributed by atoms with van der Waals surface area (Å²) in [4.78, 5) is 18.6. The third kappa shape index (κ3) is 5.91. The molecule has 1 saturated heterocycles. The summed E-state index contributed by atoms with van der Waals surface area (Å²) in [5.41, 5.74) is 1.98. The molecule has 2 aromatic heterocycles. The number of amides is 1. The van der Waals surface area contributed by atoms with Gasteiger partial charge in [0.1, 0.15) is 5.75 Å². The van der Waals surface area contributed by atoms with E-state index in [1.165, 1.54) is 24.1 Å². The lowest BCUT2D eigenvalue weighted by atomic mass is 9.50. The zero-order valence-corrected chi connectivity index (χ0v) is 25.2. The van der Waals surface area contributed by atoms with Crippen molar-refractivity contribution in [3.05, 3.63) is 58.4 Å². The first-order valence-corrected chi connectivity index (χ1v) is 17.5. The fourth-order valence-electron chi connectivity index (χ4n) is 8.37. The maximum Gasteiger partial charge on any atom is 0.285 e. The molecule has 222 valence electrons. The highest BCUT2D eigenvalue weighted by Gasteiger charge is 2.52. The van der Waals surface area contributed by atoms with Crippen LogP contribution in [0.3, 0.4) is 0 Å². The third-order valence-electron chi connectivity index (χ3n) is 9.70. The minimum absolute atomic E-state index is 0.0201. The van der Waals surface area contributed by atoms with Crippen LogP contribution in [0.4, 0.5) is 5.82 Å². The zero-order valence-electron chi connectivity index (χ0n) is 23.6. The van der Waals surface area contributed by atoms with E-state index in [1.807, 2.05) is 12.1 Å². The van der Waals surface area contributed by atoms with Crippen LogP contribution in [-0.2, 0) is 16.6 Å². The number of nitrogens with zero attached hydrogens (tertiary/aromatic N) is 4. The molecule has 4 saturated carbocycles. The summed E-state index contributed by atoms with van der Waals surface area (Å²) in [5, 5.41) is 20.3. The normalized spacial score (nSPS) is 27.3. The van der Waals surface area contributed by atoms with Gasteiger partial charge in [0.05, 0.1) is 5.75 Å². The highest BCUT2D eigenvalue weighted by Crippen LogP contribution is 2.60. The molecule has 1 aliphatic heterocycles. The number of benzene rings is 1. The average molecular weight is 608 g/mol. The molecule has 8 rings (SSSR count). The molecule has 3 heterocycles. The summed E-state index contributed by atoms with van der Waals surface area (Å²) in [6.45, 7) is 4.16. The van der Waals surface area contributed by atoms with E-state index in [1.54, 1.807) is 35.6 Å². The monoisotopic (exact) mass is 607 g/mol. The predicted octanol–water partition coefficient (Wildman–Crippen LogP) is 4.51. The molecule has 1 aromatic carbocycles. The van der Waals surface area contributed by atoms with E-state index in [4.69, 9.17) is 0 Å². The molecule has 0 atom stereocenters. The van der Waals surface area contributed by atoms with E-state index in [2.05, 4.69) is 36.2 Å². The average Bonchev–Trinajstić information content (AvgIpc) is 3.40. The molecular formula is C31H37N5O4S2. The van der Waals surface area contributed by atoms with Gasteiger partial charge in [-0.1, -0.05) is 12.1 Å². The van der Waals surface area contributed by atoms with Crippen molar-refractivity contribution in [2.24, 2.45) is 23.2 Å². The van der Waals surface area contributed by atoms with Crippen LogP contribution >= 0.6 is 11.3 Å². The largest absolute Gasteiger partial charge is 0.508 e. The van der Waals surface area contributed by atoms with E-state index >= 15 is 0 Å². The van der Waals surface area contributed by atoms with Crippen molar-refractivity contribution >= 4 is 33.1 Å². The molecule has 4 aliphatic carbocycles. The van der Waals surface area contributed by atoms with Crippen LogP contribution in [0.2, 0.25) is 0 Å². The van der Waals surface area contributed by atoms with Gasteiger partial charge >= 0.3 is 0 Å². The van der Waals surface area contributed by atoms with E-state index in [0.717, 1.165) is 63.1 Å². The van der Waals surface area contributed by atoms with Crippen LogP contribution in [0.15, 0.2) is 47.8 Å². The molecule has 5 fully saturated rings. The Morgan fingerprint density at radius 3 is 2.31 bits per heavy atom. The summed E-state index contributed by atoms with van der Waals surface area (Å²) >= 11 is 1.72. The number of piperazine rings is 1. The number of carbonyl (C=O) groups excluding carboxylic acids is 1. The van der Waals surface area contributed by atoms with Crippen LogP contribution in [0.1, 0.15) is 53.9 Å². The predicted molar refractivity (Wildman–Crippen MR) is 163 cm³/mol. The summed E-state index contributed by atoms with van der Waals surface area (Å²) in [7, 11) is -3.76. The maximum atomic E-state index is 13.1. The Kier molecular flexibility index (Phi) is 7.22. The molecule has 0 spiro atoms. The number of phenols is 1. The van der Waals surface area contributed by atoms with Crippen LogP contribution in [-0.4, -0.2) is 66.5 Å². The molecule has 42 heavy (non-hydrogen) atoms. The van der Waals surface area contributed by atoms with Crippen molar-refractivity contribution in [3.8, 4) is 16.9 Å². The van der Waals surface area contributed by atoms with Crippen molar-refractivity contribution < 1.29 is 18.3 Å². The van der Waals surface area contributed by atoms with Gasteiger partial charge in [-0.2, -0.15) is 0 Å². The number of nitrogens with one attached hydrogen (secondary N) is 1. The van der Waals surface area contributed by atoms with E-state index in [-0.39, 0.29) is 22.6 Å². The number of anilines is 1. The lowest BCUT2D eigenvalue weighted by Gasteiger charge is -2.56. The number of thiophene rings is 1. The molecule has 0 radical (unpaired) electrons. The highest BCUT2D eigenvalue weighted by molar-refractivity contribution is 7.90. The van der Waals surface area contributed by atoms with Crippen molar-refractivity contribution in [2.45, 2.75) is 45.1 Å². The Morgan fingerprint density at radius 1 is 0.952 bits per heavy atom.